The van der Waals surface area contributed by atoms with Gasteiger partial charge in [-0.1, -0.05) is 29.8 Å². The van der Waals surface area contributed by atoms with Crippen LogP contribution in [0.1, 0.15) is 5.56 Å². The van der Waals surface area contributed by atoms with Crippen molar-refractivity contribution in [3.05, 3.63) is 34.9 Å². The molecule has 1 aromatic rings. The predicted octanol–water partition coefficient (Wildman–Crippen LogP) is 0.674. The lowest BCUT2D eigenvalue weighted by Gasteiger charge is -2.26. The van der Waals surface area contributed by atoms with E-state index in [4.69, 9.17) is 11.6 Å². The van der Waals surface area contributed by atoms with Crippen molar-refractivity contribution in [1.82, 2.24) is 10.2 Å². The molecule has 1 saturated heterocycles. The van der Waals surface area contributed by atoms with E-state index in [1.807, 2.05) is 18.2 Å². The Balaban J connectivity index is 2.02. The van der Waals surface area contributed by atoms with Crippen LogP contribution in [0.15, 0.2) is 24.3 Å². The van der Waals surface area contributed by atoms with Crippen LogP contribution < -0.4 is 5.32 Å². The molecule has 1 aliphatic heterocycles. The van der Waals surface area contributed by atoms with E-state index in [2.05, 4.69) is 5.32 Å². The molecule has 2 rings (SSSR count). The summed E-state index contributed by atoms with van der Waals surface area (Å²) < 4.78 is 0. The van der Waals surface area contributed by atoms with Gasteiger partial charge in [-0.2, -0.15) is 0 Å². The molecule has 1 fully saturated rings. The van der Waals surface area contributed by atoms with Gasteiger partial charge in [0.25, 0.3) is 0 Å². The van der Waals surface area contributed by atoms with Crippen molar-refractivity contribution in [2.75, 3.05) is 20.1 Å². The molecule has 0 aromatic heterocycles. The first-order valence-corrected chi connectivity index (χ1v) is 6.35. The SMILES string of the molecule is CN(C(=O)Cc1ccccc1Cl)[C@H]1CNC[C@@H]1O. The third-order valence-corrected chi connectivity index (χ3v) is 3.71. The summed E-state index contributed by atoms with van der Waals surface area (Å²) in [7, 11) is 1.72. The summed E-state index contributed by atoms with van der Waals surface area (Å²) in [5.74, 6) is -0.0316. The lowest BCUT2D eigenvalue weighted by Crippen LogP contribution is -2.44. The summed E-state index contributed by atoms with van der Waals surface area (Å²) in [5, 5.41) is 13.4. The number of carbonyl (C=O) groups excluding carboxylic acids is 1. The van der Waals surface area contributed by atoms with Crippen LogP contribution >= 0.6 is 11.6 Å². The number of aliphatic hydroxyl groups excluding tert-OH is 1. The van der Waals surface area contributed by atoms with Gasteiger partial charge in [0.2, 0.25) is 5.91 Å². The summed E-state index contributed by atoms with van der Waals surface area (Å²) in [5.41, 5.74) is 0.816. The fraction of sp³-hybridized carbons (Fsp3) is 0.462. The summed E-state index contributed by atoms with van der Waals surface area (Å²) >= 11 is 6.03. The fourth-order valence-electron chi connectivity index (χ4n) is 2.16. The van der Waals surface area contributed by atoms with Gasteiger partial charge in [-0.25, -0.2) is 0 Å². The van der Waals surface area contributed by atoms with Crippen molar-refractivity contribution in [3.8, 4) is 0 Å². The molecule has 0 radical (unpaired) electrons. The second kappa shape index (κ2) is 5.69. The van der Waals surface area contributed by atoms with E-state index in [1.54, 1.807) is 18.0 Å². The third kappa shape index (κ3) is 2.83. The Morgan fingerprint density at radius 2 is 2.22 bits per heavy atom. The van der Waals surface area contributed by atoms with Crippen molar-refractivity contribution < 1.29 is 9.90 Å². The second-order valence-electron chi connectivity index (χ2n) is 4.57. The first-order chi connectivity index (χ1) is 8.59. The van der Waals surface area contributed by atoms with Gasteiger partial charge in [0.1, 0.15) is 0 Å². The normalized spacial score (nSPS) is 23.1. The average Bonchev–Trinajstić information content (AvgIpc) is 2.77. The number of carbonyl (C=O) groups is 1. The van der Waals surface area contributed by atoms with Crippen LogP contribution in [0.4, 0.5) is 0 Å². The van der Waals surface area contributed by atoms with Gasteiger partial charge < -0.3 is 15.3 Å². The van der Waals surface area contributed by atoms with Gasteiger partial charge in [0.15, 0.2) is 0 Å². The van der Waals surface area contributed by atoms with Crippen LogP contribution in [0.3, 0.4) is 0 Å². The largest absolute Gasteiger partial charge is 0.390 e. The van der Waals surface area contributed by atoms with Crippen molar-refractivity contribution in [2.24, 2.45) is 0 Å². The number of β-amino-alcohol motifs (C(OH)–C–C–N with tert-alkyl or cyclic N) is 1. The average molecular weight is 269 g/mol. The lowest BCUT2D eigenvalue weighted by molar-refractivity contribution is -0.132. The van der Waals surface area contributed by atoms with Crippen molar-refractivity contribution in [2.45, 2.75) is 18.6 Å². The second-order valence-corrected chi connectivity index (χ2v) is 4.97. The minimum absolute atomic E-state index is 0.0316. The molecule has 2 atom stereocenters. The topological polar surface area (TPSA) is 52.6 Å². The highest BCUT2D eigenvalue weighted by atomic mass is 35.5. The summed E-state index contributed by atoms with van der Waals surface area (Å²) in [4.78, 5) is 13.7. The molecule has 5 heteroatoms. The Bertz CT molecular complexity index is 439. The molecule has 0 unspecified atom stereocenters. The lowest BCUT2D eigenvalue weighted by atomic mass is 10.1. The minimum atomic E-state index is -0.495. The smallest absolute Gasteiger partial charge is 0.227 e. The van der Waals surface area contributed by atoms with Crippen LogP contribution in [-0.4, -0.2) is 48.2 Å². The molecule has 98 valence electrons. The van der Waals surface area contributed by atoms with Gasteiger partial charge in [0, 0.05) is 25.2 Å². The summed E-state index contributed by atoms with van der Waals surface area (Å²) in [6, 6.07) is 7.17. The molecule has 2 N–H and O–H groups in total. The number of aliphatic hydroxyl groups is 1. The van der Waals surface area contributed by atoms with Gasteiger partial charge >= 0.3 is 0 Å². The van der Waals surface area contributed by atoms with E-state index < -0.39 is 6.10 Å². The van der Waals surface area contributed by atoms with E-state index in [9.17, 15) is 9.90 Å². The number of nitrogens with one attached hydrogen (secondary N) is 1. The van der Waals surface area contributed by atoms with E-state index in [0.717, 1.165) is 5.56 Å². The summed E-state index contributed by atoms with van der Waals surface area (Å²) in [6.07, 6.45) is -0.232. The number of likely N-dealkylation sites (N-methyl/N-ethyl adjacent to an activating group) is 1. The van der Waals surface area contributed by atoms with Crippen LogP contribution in [-0.2, 0) is 11.2 Å². The minimum Gasteiger partial charge on any atom is -0.390 e. The highest BCUT2D eigenvalue weighted by Crippen LogP contribution is 2.17. The quantitative estimate of drug-likeness (QED) is 0.847. The summed E-state index contributed by atoms with van der Waals surface area (Å²) in [6.45, 7) is 1.17. The Hall–Kier alpha value is -1.10. The Morgan fingerprint density at radius 3 is 2.83 bits per heavy atom. The van der Waals surface area contributed by atoms with Crippen LogP contribution in [0.25, 0.3) is 0 Å². The standard InChI is InChI=1S/C13H17ClN2O2/c1-16(11-7-15-8-12(11)17)13(18)6-9-4-2-3-5-10(9)14/h2-5,11-12,15,17H,6-8H2,1H3/t11-,12-/m0/s1. The zero-order valence-corrected chi connectivity index (χ0v) is 11.0. The molecule has 0 aliphatic carbocycles. The van der Waals surface area contributed by atoms with Crippen molar-refractivity contribution in [3.63, 3.8) is 0 Å². The maximum atomic E-state index is 12.1. The highest BCUT2D eigenvalue weighted by molar-refractivity contribution is 6.31. The van der Waals surface area contributed by atoms with Gasteiger partial charge in [0.05, 0.1) is 18.6 Å². The van der Waals surface area contributed by atoms with Crippen LogP contribution in [0.5, 0.6) is 0 Å². The molecule has 1 heterocycles. The monoisotopic (exact) mass is 268 g/mol. The first-order valence-electron chi connectivity index (χ1n) is 5.97. The highest BCUT2D eigenvalue weighted by Gasteiger charge is 2.31. The molecule has 0 spiro atoms. The molecule has 0 bridgehead atoms. The maximum absolute atomic E-state index is 12.1. The zero-order valence-electron chi connectivity index (χ0n) is 10.3. The van der Waals surface area contributed by atoms with E-state index in [1.165, 1.54) is 0 Å². The van der Waals surface area contributed by atoms with Crippen LogP contribution in [0, 0.1) is 0 Å². The van der Waals surface area contributed by atoms with E-state index in [0.29, 0.717) is 18.1 Å². The van der Waals surface area contributed by atoms with Gasteiger partial charge in [-0.05, 0) is 11.6 Å². The molecule has 1 amide bonds. The molecule has 18 heavy (non-hydrogen) atoms. The molecule has 1 aromatic carbocycles. The van der Waals surface area contributed by atoms with Gasteiger partial charge in [-0.3, -0.25) is 4.79 Å². The number of hydrogen-bond acceptors (Lipinski definition) is 3. The van der Waals surface area contributed by atoms with E-state index >= 15 is 0 Å². The number of amides is 1. The fourth-order valence-corrected chi connectivity index (χ4v) is 2.36. The Morgan fingerprint density at radius 1 is 1.50 bits per heavy atom. The number of hydrogen-bond donors (Lipinski definition) is 2. The Labute approximate surface area is 112 Å². The number of halogens is 1. The maximum Gasteiger partial charge on any atom is 0.227 e. The molecule has 0 saturated carbocycles. The number of benzene rings is 1. The predicted molar refractivity (Wildman–Crippen MR) is 70.6 cm³/mol. The zero-order chi connectivity index (χ0) is 13.1. The molecular formula is C13H17ClN2O2. The molecular weight excluding hydrogens is 252 g/mol. The third-order valence-electron chi connectivity index (χ3n) is 3.34. The Kier molecular flexibility index (Phi) is 4.22. The van der Waals surface area contributed by atoms with Crippen molar-refractivity contribution >= 4 is 17.5 Å². The van der Waals surface area contributed by atoms with Crippen LogP contribution in [0.2, 0.25) is 5.02 Å². The van der Waals surface area contributed by atoms with Crippen molar-refractivity contribution in [1.29, 1.82) is 0 Å². The molecule has 1 aliphatic rings. The molecule has 4 nitrogen and oxygen atoms in total. The van der Waals surface area contributed by atoms with E-state index in [-0.39, 0.29) is 18.4 Å². The number of nitrogens with zero attached hydrogens (tertiary/aromatic N) is 1. The van der Waals surface area contributed by atoms with Gasteiger partial charge in [-0.15, -0.1) is 0 Å². The number of rotatable bonds is 3. The first kappa shape index (κ1) is 13.3.